The van der Waals surface area contributed by atoms with Crippen LogP contribution in [0.25, 0.3) is 0 Å². The Kier molecular flexibility index (Phi) is 13.2. The van der Waals surface area contributed by atoms with Gasteiger partial charge in [0.25, 0.3) is 0 Å². The molecule has 2 amide bonds. The van der Waals surface area contributed by atoms with E-state index in [1.807, 2.05) is 44.2 Å². The summed E-state index contributed by atoms with van der Waals surface area (Å²) in [6, 6.07) is 20.5. The van der Waals surface area contributed by atoms with Gasteiger partial charge in [0.2, 0.25) is 21.8 Å². The lowest BCUT2D eigenvalue weighted by Gasteiger charge is -2.32. The average Bonchev–Trinajstić information content (AvgIpc) is 2.97. The highest BCUT2D eigenvalue weighted by atomic mass is 35.5. The van der Waals surface area contributed by atoms with Crippen LogP contribution in [0.3, 0.4) is 0 Å². The number of halogens is 2. The number of rotatable bonds is 16. The second-order valence-electron chi connectivity index (χ2n) is 10.1. The minimum absolute atomic E-state index is 0.0145. The number of anilines is 1. The molecule has 0 aliphatic heterocycles. The Morgan fingerprint density at radius 1 is 0.977 bits per heavy atom. The fourth-order valence-corrected chi connectivity index (χ4v) is 6.07. The van der Waals surface area contributed by atoms with Crippen LogP contribution in [0.5, 0.6) is 5.75 Å². The van der Waals surface area contributed by atoms with Crippen LogP contribution in [-0.2, 0) is 32.6 Å². The van der Waals surface area contributed by atoms with Gasteiger partial charge in [0.15, 0.2) is 0 Å². The summed E-state index contributed by atoms with van der Waals surface area (Å²) in [5.74, 6) is 0.0761. The lowest BCUT2D eigenvalue weighted by molar-refractivity contribution is -0.141. The van der Waals surface area contributed by atoms with Crippen molar-refractivity contribution in [2.24, 2.45) is 0 Å². The van der Waals surface area contributed by atoms with Crippen LogP contribution in [0.2, 0.25) is 10.0 Å². The topological polar surface area (TPSA) is 96.0 Å². The molecule has 8 nitrogen and oxygen atoms in total. The van der Waals surface area contributed by atoms with E-state index in [1.165, 1.54) is 9.21 Å². The quantitative estimate of drug-likeness (QED) is 0.203. The average molecular weight is 649 g/mol. The third-order valence-corrected chi connectivity index (χ3v) is 8.55. The Morgan fingerprint density at radius 2 is 1.67 bits per heavy atom. The lowest BCUT2D eigenvalue weighted by Crippen LogP contribution is -2.50. The maximum atomic E-state index is 13.9. The van der Waals surface area contributed by atoms with Crippen molar-refractivity contribution >= 4 is 50.7 Å². The van der Waals surface area contributed by atoms with Gasteiger partial charge in [-0.15, -0.1) is 0 Å². The van der Waals surface area contributed by atoms with E-state index in [-0.39, 0.29) is 37.7 Å². The first-order valence-electron chi connectivity index (χ1n) is 14.3. The van der Waals surface area contributed by atoms with Gasteiger partial charge >= 0.3 is 0 Å². The lowest BCUT2D eigenvalue weighted by atomic mass is 10.0. The third-order valence-electron chi connectivity index (χ3n) is 6.76. The first-order chi connectivity index (χ1) is 20.5. The Bertz CT molecular complexity index is 1450. The molecule has 1 unspecified atom stereocenters. The fourth-order valence-electron chi connectivity index (χ4n) is 4.63. The standard InChI is InChI=1S/C32H39Cl2N3O5S/c1-4-19-35-32(39)30(21-24-10-7-6-8-11-24)36(23-25-13-14-26(33)22-29(25)34)31(38)12-9-20-37(43(3,40)41)27-15-17-28(18-16-27)42-5-2/h6-8,10-11,13-18,22,30H,4-5,9,12,19-21,23H2,1-3H3,(H,35,39). The smallest absolute Gasteiger partial charge is 0.243 e. The Labute approximate surface area is 265 Å². The summed E-state index contributed by atoms with van der Waals surface area (Å²) >= 11 is 12.6. The van der Waals surface area contributed by atoms with Crippen LogP contribution >= 0.6 is 23.2 Å². The largest absolute Gasteiger partial charge is 0.494 e. The van der Waals surface area contributed by atoms with E-state index in [2.05, 4.69) is 5.32 Å². The molecule has 0 aliphatic carbocycles. The highest BCUT2D eigenvalue weighted by Crippen LogP contribution is 2.26. The molecule has 0 radical (unpaired) electrons. The van der Waals surface area contributed by atoms with E-state index in [9.17, 15) is 18.0 Å². The van der Waals surface area contributed by atoms with Crippen LogP contribution in [-0.4, -0.2) is 57.1 Å². The van der Waals surface area contributed by atoms with E-state index in [0.29, 0.717) is 46.6 Å². The van der Waals surface area contributed by atoms with Gasteiger partial charge in [-0.1, -0.05) is 66.5 Å². The molecule has 1 atom stereocenters. The van der Waals surface area contributed by atoms with Crippen LogP contribution in [0, 0.1) is 0 Å². The van der Waals surface area contributed by atoms with E-state index >= 15 is 0 Å². The van der Waals surface area contributed by atoms with Crippen molar-refractivity contribution < 1.29 is 22.7 Å². The van der Waals surface area contributed by atoms with Crippen molar-refractivity contribution in [2.75, 3.05) is 30.3 Å². The third kappa shape index (κ3) is 10.4. The van der Waals surface area contributed by atoms with Crippen molar-refractivity contribution in [2.45, 2.75) is 52.1 Å². The first-order valence-corrected chi connectivity index (χ1v) is 16.9. The maximum Gasteiger partial charge on any atom is 0.243 e. The highest BCUT2D eigenvalue weighted by Gasteiger charge is 2.31. The summed E-state index contributed by atoms with van der Waals surface area (Å²) in [5, 5.41) is 3.79. The number of amides is 2. The zero-order valence-corrected chi connectivity index (χ0v) is 27.1. The molecular formula is C32H39Cl2N3O5S. The molecule has 1 N–H and O–H groups in total. The number of ether oxygens (including phenoxy) is 1. The van der Waals surface area contributed by atoms with Gasteiger partial charge in [-0.3, -0.25) is 13.9 Å². The number of nitrogens with zero attached hydrogens (tertiary/aromatic N) is 2. The second kappa shape index (κ2) is 16.5. The summed E-state index contributed by atoms with van der Waals surface area (Å²) in [6.07, 6.45) is 2.43. The molecule has 0 saturated carbocycles. The summed E-state index contributed by atoms with van der Waals surface area (Å²) < 4.78 is 32.1. The molecule has 0 bridgehead atoms. The summed E-state index contributed by atoms with van der Waals surface area (Å²) in [4.78, 5) is 28.9. The number of hydrogen-bond donors (Lipinski definition) is 1. The minimum atomic E-state index is -3.63. The van der Waals surface area contributed by atoms with Crippen LogP contribution in [0.15, 0.2) is 72.8 Å². The van der Waals surface area contributed by atoms with Gasteiger partial charge in [-0.05, 0) is 67.3 Å². The second-order valence-corrected chi connectivity index (χ2v) is 12.9. The van der Waals surface area contributed by atoms with Crippen LogP contribution < -0.4 is 14.4 Å². The van der Waals surface area contributed by atoms with Gasteiger partial charge < -0.3 is 15.0 Å². The van der Waals surface area contributed by atoms with E-state index in [4.69, 9.17) is 27.9 Å². The first kappa shape index (κ1) is 34.2. The predicted molar refractivity (Wildman–Crippen MR) is 173 cm³/mol. The molecule has 3 rings (SSSR count). The van der Waals surface area contributed by atoms with Crippen molar-refractivity contribution in [1.29, 1.82) is 0 Å². The molecule has 3 aromatic rings. The molecule has 0 aliphatic rings. The van der Waals surface area contributed by atoms with Gasteiger partial charge in [0.05, 0.1) is 18.6 Å². The number of carbonyl (C=O) groups excluding carboxylic acids is 2. The normalized spacial score (nSPS) is 11.9. The Hall–Kier alpha value is -3.27. The summed E-state index contributed by atoms with van der Waals surface area (Å²) in [5.41, 5.74) is 2.02. The predicted octanol–water partition coefficient (Wildman–Crippen LogP) is 6.10. The molecule has 0 heterocycles. The summed E-state index contributed by atoms with van der Waals surface area (Å²) in [6.45, 7) is 4.96. The van der Waals surface area contributed by atoms with Crippen molar-refractivity contribution in [3.8, 4) is 5.75 Å². The summed E-state index contributed by atoms with van der Waals surface area (Å²) in [7, 11) is -3.63. The maximum absolute atomic E-state index is 13.9. The number of nitrogens with one attached hydrogen (secondary N) is 1. The molecule has 0 saturated heterocycles. The zero-order valence-electron chi connectivity index (χ0n) is 24.8. The van der Waals surface area contributed by atoms with Crippen molar-refractivity contribution in [1.82, 2.24) is 10.2 Å². The van der Waals surface area contributed by atoms with E-state index < -0.39 is 16.1 Å². The number of hydrogen-bond acceptors (Lipinski definition) is 5. The number of benzene rings is 3. The molecule has 0 spiro atoms. The fraction of sp³-hybridized carbons (Fsp3) is 0.375. The van der Waals surface area contributed by atoms with Crippen molar-refractivity contribution in [3.05, 3.63) is 94.0 Å². The van der Waals surface area contributed by atoms with Gasteiger partial charge in [0, 0.05) is 42.5 Å². The molecule has 0 aromatic heterocycles. The number of sulfonamides is 1. The van der Waals surface area contributed by atoms with E-state index in [0.717, 1.165) is 18.2 Å². The molecule has 3 aromatic carbocycles. The van der Waals surface area contributed by atoms with Gasteiger partial charge in [-0.2, -0.15) is 0 Å². The Balaban J connectivity index is 1.88. The number of carbonyl (C=O) groups is 2. The van der Waals surface area contributed by atoms with E-state index in [1.54, 1.807) is 42.5 Å². The molecule has 11 heteroatoms. The minimum Gasteiger partial charge on any atom is -0.494 e. The van der Waals surface area contributed by atoms with Crippen LogP contribution in [0.4, 0.5) is 5.69 Å². The molecule has 43 heavy (non-hydrogen) atoms. The van der Waals surface area contributed by atoms with Crippen LogP contribution in [0.1, 0.15) is 44.2 Å². The van der Waals surface area contributed by atoms with Gasteiger partial charge in [-0.25, -0.2) is 8.42 Å². The highest BCUT2D eigenvalue weighted by molar-refractivity contribution is 7.92. The molecular weight excluding hydrogens is 609 g/mol. The zero-order chi connectivity index (χ0) is 31.4. The Morgan fingerprint density at radius 3 is 2.28 bits per heavy atom. The molecule has 0 fully saturated rings. The van der Waals surface area contributed by atoms with Gasteiger partial charge in [0.1, 0.15) is 11.8 Å². The van der Waals surface area contributed by atoms with Crippen molar-refractivity contribution in [3.63, 3.8) is 0 Å². The SMILES string of the molecule is CCCNC(=O)C(Cc1ccccc1)N(Cc1ccc(Cl)cc1Cl)C(=O)CCCN(c1ccc(OCC)cc1)S(C)(=O)=O. The molecule has 232 valence electrons. The monoisotopic (exact) mass is 647 g/mol.